The van der Waals surface area contributed by atoms with Crippen molar-refractivity contribution in [2.75, 3.05) is 33.5 Å². The van der Waals surface area contributed by atoms with Gasteiger partial charge in [0.05, 0.1) is 13.2 Å². The van der Waals surface area contributed by atoms with Crippen LogP contribution in [0.1, 0.15) is 56.5 Å². The van der Waals surface area contributed by atoms with Crippen LogP contribution in [-0.2, 0) is 14.9 Å². The standard InChI is InChI=1S/C29H38O5.ClH/c1-19-12-24(34-11-8-30)18-27-20(2)21(15-26(19)27)16-28(31)22-13-23(29(3,4)5)17-25(14-22)33-10-7-9-32-6;/h12-15,17-18,21,27,30H,2,7-11,16H2,1,3-6H3;1H. The lowest BCUT2D eigenvalue weighted by Gasteiger charge is -2.22. The van der Waals surface area contributed by atoms with Crippen molar-refractivity contribution in [2.45, 2.75) is 46.0 Å². The fraction of sp³-hybridized carbons (Fsp3) is 0.483. The molecule has 0 saturated heterocycles. The summed E-state index contributed by atoms with van der Waals surface area (Å²) in [5.74, 6) is 1.55. The van der Waals surface area contributed by atoms with Gasteiger partial charge in [-0.2, -0.15) is 0 Å². The van der Waals surface area contributed by atoms with E-state index < -0.39 is 0 Å². The quantitative estimate of drug-likeness (QED) is 0.229. The van der Waals surface area contributed by atoms with Crippen LogP contribution < -0.4 is 4.74 Å². The Bertz CT molecular complexity index is 1010. The van der Waals surface area contributed by atoms with Crippen LogP contribution in [0, 0.1) is 11.8 Å². The van der Waals surface area contributed by atoms with E-state index in [1.165, 1.54) is 5.57 Å². The molecule has 1 N–H and O–H groups in total. The fourth-order valence-electron chi connectivity index (χ4n) is 4.37. The molecule has 0 aliphatic heterocycles. The third-order valence-corrected chi connectivity index (χ3v) is 6.36. The highest BCUT2D eigenvalue weighted by atomic mass is 35.5. The topological polar surface area (TPSA) is 65.0 Å². The number of Topliss-reactive ketones (excluding diaryl/α,β-unsaturated/α-hetero) is 1. The molecule has 3 rings (SSSR count). The summed E-state index contributed by atoms with van der Waals surface area (Å²) >= 11 is 0. The molecule has 0 radical (unpaired) electrons. The van der Waals surface area contributed by atoms with E-state index in [0.29, 0.717) is 25.2 Å². The fourth-order valence-corrected chi connectivity index (χ4v) is 4.37. The number of carbonyl (C=O) groups is 1. The van der Waals surface area contributed by atoms with Crippen molar-refractivity contribution in [3.63, 3.8) is 0 Å². The molecule has 2 aliphatic rings. The van der Waals surface area contributed by atoms with Gasteiger partial charge >= 0.3 is 0 Å². The number of aliphatic hydroxyl groups is 1. The molecule has 0 saturated carbocycles. The highest BCUT2D eigenvalue weighted by molar-refractivity contribution is 5.97. The highest BCUT2D eigenvalue weighted by Crippen LogP contribution is 2.44. The van der Waals surface area contributed by atoms with Crippen molar-refractivity contribution < 1.29 is 24.1 Å². The lowest BCUT2D eigenvalue weighted by atomic mass is 9.84. The molecule has 0 fully saturated rings. The van der Waals surface area contributed by atoms with Crippen molar-refractivity contribution in [3.8, 4) is 5.75 Å². The molecule has 0 amide bonds. The Balaban J connectivity index is 0.00000432. The predicted molar refractivity (Wildman–Crippen MR) is 142 cm³/mol. The Labute approximate surface area is 216 Å². The van der Waals surface area contributed by atoms with Crippen LogP contribution in [0.2, 0.25) is 0 Å². The number of rotatable bonds is 11. The van der Waals surface area contributed by atoms with Gasteiger partial charge < -0.3 is 19.3 Å². The van der Waals surface area contributed by atoms with E-state index in [9.17, 15) is 4.79 Å². The minimum atomic E-state index is -0.105. The normalized spacial score (nSPS) is 19.3. The van der Waals surface area contributed by atoms with E-state index in [1.807, 2.05) is 37.3 Å². The minimum absolute atomic E-state index is 0. The van der Waals surface area contributed by atoms with Crippen molar-refractivity contribution in [2.24, 2.45) is 11.8 Å². The zero-order valence-corrected chi connectivity index (χ0v) is 22.4. The monoisotopic (exact) mass is 502 g/mol. The molecule has 0 spiro atoms. The number of ketones is 1. The van der Waals surface area contributed by atoms with Gasteiger partial charge in [-0.3, -0.25) is 4.79 Å². The molecule has 2 atom stereocenters. The molecule has 0 heterocycles. The summed E-state index contributed by atoms with van der Waals surface area (Å²) in [7, 11) is 1.68. The van der Waals surface area contributed by atoms with Gasteiger partial charge in [0.15, 0.2) is 5.78 Å². The van der Waals surface area contributed by atoms with E-state index in [0.717, 1.165) is 34.6 Å². The number of benzene rings is 1. The second-order valence-electron chi connectivity index (χ2n) is 10.1. The van der Waals surface area contributed by atoms with Gasteiger partial charge in [-0.15, -0.1) is 12.4 Å². The summed E-state index contributed by atoms with van der Waals surface area (Å²) < 4.78 is 16.7. The molecule has 6 heteroatoms. The zero-order chi connectivity index (χ0) is 24.9. The first-order valence-electron chi connectivity index (χ1n) is 12.0. The van der Waals surface area contributed by atoms with Gasteiger partial charge in [-0.25, -0.2) is 0 Å². The van der Waals surface area contributed by atoms with Crippen molar-refractivity contribution >= 4 is 18.2 Å². The number of carbonyl (C=O) groups excluding carboxylic acids is 1. The van der Waals surface area contributed by atoms with Gasteiger partial charge in [0.1, 0.15) is 18.1 Å². The maximum atomic E-state index is 13.4. The Morgan fingerprint density at radius 1 is 1.09 bits per heavy atom. The van der Waals surface area contributed by atoms with E-state index in [2.05, 4.69) is 33.4 Å². The summed E-state index contributed by atoms with van der Waals surface area (Å²) in [6.07, 6.45) is 7.35. The first-order valence-corrected chi connectivity index (χ1v) is 12.0. The summed E-state index contributed by atoms with van der Waals surface area (Å²) in [6.45, 7) is 14.2. The average molecular weight is 503 g/mol. The SMILES string of the molecule is C=C1C(CC(=O)c2cc(OCCCOC)cc(C(C)(C)C)c2)C=C2C(C)=CC(OCCO)=CC12.Cl. The summed E-state index contributed by atoms with van der Waals surface area (Å²) in [4.78, 5) is 13.4. The zero-order valence-electron chi connectivity index (χ0n) is 21.6. The number of hydrogen-bond acceptors (Lipinski definition) is 5. The van der Waals surface area contributed by atoms with Crippen LogP contribution in [0.3, 0.4) is 0 Å². The first-order chi connectivity index (χ1) is 16.1. The molecule has 0 aromatic heterocycles. The summed E-state index contributed by atoms with van der Waals surface area (Å²) in [6, 6.07) is 5.88. The molecular formula is C29H39ClO5. The van der Waals surface area contributed by atoms with E-state index in [1.54, 1.807) is 7.11 Å². The number of halogens is 1. The third-order valence-electron chi connectivity index (χ3n) is 6.36. The van der Waals surface area contributed by atoms with Gasteiger partial charge in [0, 0.05) is 44.0 Å². The average Bonchev–Trinajstić information content (AvgIpc) is 3.10. The van der Waals surface area contributed by atoms with Gasteiger partial charge in [0.2, 0.25) is 0 Å². The number of hydrogen-bond donors (Lipinski definition) is 1. The molecule has 1 aromatic carbocycles. The molecule has 192 valence electrons. The lowest BCUT2D eigenvalue weighted by Crippen LogP contribution is -2.15. The maximum absolute atomic E-state index is 13.4. The molecule has 35 heavy (non-hydrogen) atoms. The van der Waals surface area contributed by atoms with Crippen LogP contribution in [0.25, 0.3) is 0 Å². The van der Waals surface area contributed by atoms with Crippen LogP contribution in [0.4, 0.5) is 0 Å². The maximum Gasteiger partial charge on any atom is 0.163 e. The Morgan fingerprint density at radius 2 is 1.83 bits per heavy atom. The number of allylic oxidation sites excluding steroid dienone is 6. The molecule has 2 unspecified atom stereocenters. The predicted octanol–water partition coefficient (Wildman–Crippen LogP) is 5.98. The summed E-state index contributed by atoms with van der Waals surface area (Å²) in [5.41, 5.74) is 4.94. The van der Waals surface area contributed by atoms with E-state index >= 15 is 0 Å². The molecule has 2 aliphatic carbocycles. The number of methoxy groups -OCH3 is 1. The van der Waals surface area contributed by atoms with Crippen molar-refractivity contribution in [3.05, 3.63) is 76.6 Å². The highest BCUT2D eigenvalue weighted by Gasteiger charge is 2.33. The smallest absolute Gasteiger partial charge is 0.163 e. The third kappa shape index (κ3) is 7.33. The van der Waals surface area contributed by atoms with Crippen molar-refractivity contribution in [1.82, 2.24) is 0 Å². The Hall–Kier alpha value is -2.34. The van der Waals surface area contributed by atoms with Crippen LogP contribution >= 0.6 is 12.4 Å². The van der Waals surface area contributed by atoms with E-state index in [4.69, 9.17) is 19.3 Å². The largest absolute Gasteiger partial charge is 0.493 e. The van der Waals surface area contributed by atoms with Crippen LogP contribution in [0.5, 0.6) is 5.75 Å². The van der Waals surface area contributed by atoms with Gasteiger partial charge in [-0.05, 0) is 59.4 Å². The van der Waals surface area contributed by atoms with Gasteiger partial charge in [-0.1, -0.05) is 39.0 Å². The Morgan fingerprint density at radius 3 is 2.49 bits per heavy atom. The first kappa shape index (κ1) is 28.9. The number of fused-ring (bicyclic) bond motifs is 1. The second-order valence-corrected chi connectivity index (χ2v) is 10.1. The van der Waals surface area contributed by atoms with Gasteiger partial charge in [0.25, 0.3) is 0 Å². The van der Waals surface area contributed by atoms with Crippen LogP contribution in [-0.4, -0.2) is 44.4 Å². The van der Waals surface area contributed by atoms with E-state index in [-0.39, 0.29) is 48.7 Å². The van der Waals surface area contributed by atoms with Crippen molar-refractivity contribution in [1.29, 1.82) is 0 Å². The minimum Gasteiger partial charge on any atom is -0.493 e. The molecular weight excluding hydrogens is 464 g/mol. The molecule has 1 aromatic rings. The Kier molecular flexibility index (Phi) is 10.4. The summed E-state index contributed by atoms with van der Waals surface area (Å²) in [5, 5.41) is 9.06. The van der Waals surface area contributed by atoms with Crippen LogP contribution in [0.15, 0.2) is 65.5 Å². The second kappa shape index (κ2) is 12.6. The number of aliphatic hydroxyl groups excluding tert-OH is 1. The molecule has 0 bridgehead atoms. The molecule has 5 nitrogen and oxygen atoms in total. The lowest BCUT2D eigenvalue weighted by molar-refractivity contribution is 0.0973. The number of ether oxygens (including phenoxy) is 3.